The van der Waals surface area contributed by atoms with E-state index in [4.69, 9.17) is 17.3 Å². The molecule has 0 spiro atoms. The predicted octanol–water partition coefficient (Wildman–Crippen LogP) is 3.27. The van der Waals surface area contributed by atoms with Crippen LogP contribution in [-0.2, 0) is 6.42 Å². The minimum atomic E-state index is -0.822. The van der Waals surface area contributed by atoms with Crippen LogP contribution in [0.5, 0.6) is 0 Å². The molecule has 0 atom stereocenters. The number of rotatable bonds is 6. The summed E-state index contributed by atoms with van der Waals surface area (Å²) >= 11 is 6.00. The van der Waals surface area contributed by atoms with Crippen molar-refractivity contribution in [1.29, 1.82) is 0 Å². The molecule has 0 aliphatic carbocycles. The van der Waals surface area contributed by atoms with Crippen molar-refractivity contribution in [2.75, 3.05) is 5.32 Å². The predicted molar refractivity (Wildman–Crippen MR) is 89.2 cm³/mol. The average Bonchev–Trinajstić information content (AvgIpc) is 2.56. The van der Waals surface area contributed by atoms with Crippen LogP contribution >= 0.6 is 11.6 Å². The number of anilines is 2. The number of primary amides is 1. The molecule has 126 valence electrons. The van der Waals surface area contributed by atoms with Crippen LogP contribution in [0.15, 0.2) is 18.2 Å². The molecule has 0 aliphatic rings. The van der Waals surface area contributed by atoms with E-state index in [9.17, 15) is 14.0 Å². The van der Waals surface area contributed by atoms with Gasteiger partial charge in [-0.1, -0.05) is 25.4 Å². The van der Waals surface area contributed by atoms with Gasteiger partial charge in [-0.05, 0) is 24.6 Å². The van der Waals surface area contributed by atoms with Crippen molar-refractivity contribution in [2.45, 2.75) is 26.7 Å². The number of carbonyl (C=O) groups excluding carboxylic acids is 2. The number of benzene rings is 1. The van der Waals surface area contributed by atoms with Crippen molar-refractivity contribution < 1.29 is 14.0 Å². The molecule has 1 heterocycles. The number of carbonyl (C=O) groups is 2. The highest BCUT2D eigenvalue weighted by molar-refractivity contribution is 6.30. The zero-order valence-electron chi connectivity index (χ0n) is 13.2. The Bertz CT molecular complexity index is 811. The van der Waals surface area contributed by atoms with Gasteiger partial charge in [-0.2, -0.15) is 0 Å². The summed E-state index contributed by atoms with van der Waals surface area (Å²) in [5.41, 5.74) is 5.88. The Morgan fingerprint density at radius 2 is 2.00 bits per heavy atom. The van der Waals surface area contributed by atoms with Crippen molar-refractivity contribution in [2.24, 2.45) is 5.73 Å². The number of halogens is 2. The van der Waals surface area contributed by atoms with E-state index in [0.717, 1.165) is 6.07 Å². The van der Waals surface area contributed by atoms with Gasteiger partial charge >= 0.3 is 0 Å². The molecule has 24 heavy (non-hydrogen) atoms. The summed E-state index contributed by atoms with van der Waals surface area (Å²) in [6.07, 6.45) is 0.746. The van der Waals surface area contributed by atoms with E-state index in [2.05, 4.69) is 15.3 Å². The third-order valence-electron chi connectivity index (χ3n) is 3.35. The molecular weight excluding hydrogens is 335 g/mol. The molecule has 1 aromatic heterocycles. The Kier molecular flexibility index (Phi) is 5.46. The zero-order chi connectivity index (χ0) is 17.9. The van der Waals surface area contributed by atoms with Crippen LogP contribution in [-0.4, -0.2) is 21.7 Å². The summed E-state index contributed by atoms with van der Waals surface area (Å²) in [7, 11) is 0. The van der Waals surface area contributed by atoms with Gasteiger partial charge < -0.3 is 11.1 Å². The number of nitrogens with one attached hydrogen (secondary N) is 1. The van der Waals surface area contributed by atoms with Crippen molar-refractivity contribution in [1.82, 2.24) is 9.97 Å². The molecule has 1 aromatic carbocycles. The van der Waals surface area contributed by atoms with E-state index >= 15 is 0 Å². The molecule has 0 aliphatic heterocycles. The lowest BCUT2D eigenvalue weighted by Gasteiger charge is -2.12. The molecule has 6 nitrogen and oxygen atoms in total. The second kappa shape index (κ2) is 7.35. The number of ketones is 1. The van der Waals surface area contributed by atoms with Crippen molar-refractivity contribution >= 4 is 34.8 Å². The fraction of sp³-hybridized carbons (Fsp3) is 0.250. The van der Waals surface area contributed by atoms with E-state index < -0.39 is 11.7 Å². The van der Waals surface area contributed by atoms with Crippen molar-refractivity contribution in [3.05, 3.63) is 46.1 Å². The summed E-state index contributed by atoms with van der Waals surface area (Å²) in [6, 6.07) is 3.89. The zero-order valence-corrected chi connectivity index (χ0v) is 13.9. The standard InChI is InChI=1S/C16H16ClFN4O2/c1-3-10-14(17)22-16(13(20-10)15(19)24)21-11-7-8(12(23)4-2)5-6-9(11)18/h5-7H,3-4H2,1-2H3,(H2,19,24)(H,21,22). The lowest BCUT2D eigenvalue weighted by Crippen LogP contribution is -2.18. The summed E-state index contributed by atoms with van der Waals surface area (Å²) in [5, 5.41) is 2.74. The minimum Gasteiger partial charge on any atom is -0.364 e. The lowest BCUT2D eigenvalue weighted by molar-refractivity contribution is 0.0983. The van der Waals surface area contributed by atoms with Gasteiger partial charge in [0.2, 0.25) is 0 Å². The normalized spacial score (nSPS) is 10.5. The van der Waals surface area contributed by atoms with Gasteiger partial charge in [0.1, 0.15) is 5.82 Å². The lowest BCUT2D eigenvalue weighted by atomic mass is 10.1. The topological polar surface area (TPSA) is 98.0 Å². The number of hydrogen-bond acceptors (Lipinski definition) is 5. The number of nitrogens with two attached hydrogens (primary N) is 1. The van der Waals surface area contributed by atoms with Crippen LogP contribution in [0.2, 0.25) is 5.15 Å². The maximum Gasteiger partial charge on any atom is 0.271 e. The molecule has 2 rings (SSSR count). The fourth-order valence-electron chi connectivity index (χ4n) is 2.06. The van der Waals surface area contributed by atoms with Gasteiger partial charge in [0, 0.05) is 12.0 Å². The van der Waals surface area contributed by atoms with E-state index in [1.165, 1.54) is 12.1 Å². The molecule has 0 bridgehead atoms. The highest BCUT2D eigenvalue weighted by Crippen LogP contribution is 2.25. The van der Waals surface area contributed by atoms with E-state index in [1.54, 1.807) is 13.8 Å². The average molecular weight is 351 g/mol. The number of Topliss-reactive ketones (excluding diaryl/α,β-unsaturated/α-hetero) is 1. The van der Waals surface area contributed by atoms with Gasteiger partial charge in [-0.25, -0.2) is 14.4 Å². The van der Waals surface area contributed by atoms with Crippen LogP contribution in [0, 0.1) is 5.82 Å². The van der Waals surface area contributed by atoms with Crippen LogP contribution in [0.25, 0.3) is 0 Å². The molecule has 0 radical (unpaired) electrons. The summed E-state index contributed by atoms with van der Waals surface area (Å²) in [5.74, 6) is -1.64. The van der Waals surface area contributed by atoms with Crippen molar-refractivity contribution in [3.63, 3.8) is 0 Å². The molecular formula is C16H16ClFN4O2. The maximum absolute atomic E-state index is 14.0. The fourth-order valence-corrected chi connectivity index (χ4v) is 2.32. The second-order valence-electron chi connectivity index (χ2n) is 4.97. The Labute approximate surface area is 143 Å². The number of amides is 1. The first-order valence-corrected chi connectivity index (χ1v) is 7.71. The molecule has 0 saturated heterocycles. The molecule has 2 aromatic rings. The highest BCUT2D eigenvalue weighted by atomic mass is 35.5. The van der Waals surface area contributed by atoms with Crippen LogP contribution < -0.4 is 11.1 Å². The number of hydrogen-bond donors (Lipinski definition) is 2. The minimum absolute atomic E-state index is 0.0218. The molecule has 8 heteroatoms. The highest BCUT2D eigenvalue weighted by Gasteiger charge is 2.18. The van der Waals surface area contributed by atoms with Gasteiger partial charge in [0.25, 0.3) is 5.91 Å². The first-order valence-electron chi connectivity index (χ1n) is 7.33. The van der Waals surface area contributed by atoms with Gasteiger partial charge in [-0.15, -0.1) is 0 Å². The summed E-state index contributed by atoms with van der Waals surface area (Å²) in [4.78, 5) is 31.5. The number of aryl methyl sites for hydroxylation is 1. The first kappa shape index (κ1) is 17.8. The second-order valence-corrected chi connectivity index (χ2v) is 5.33. The molecule has 0 unspecified atom stereocenters. The largest absolute Gasteiger partial charge is 0.364 e. The van der Waals surface area contributed by atoms with Crippen LogP contribution in [0.3, 0.4) is 0 Å². The first-order chi connectivity index (χ1) is 11.4. The van der Waals surface area contributed by atoms with Crippen LogP contribution in [0.4, 0.5) is 15.9 Å². The van der Waals surface area contributed by atoms with Gasteiger partial charge in [0.05, 0.1) is 11.4 Å². The van der Waals surface area contributed by atoms with E-state index in [-0.39, 0.29) is 34.6 Å². The van der Waals surface area contributed by atoms with Gasteiger partial charge in [0.15, 0.2) is 22.4 Å². The summed E-state index contributed by atoms with van der Waals surface area (Å²) in [6.45, 7) is 3.51. The molecule has 1 amide bonds. The third kappa shape index (κ3) is 3.68. The quantitative estimate of drug-likeness (QED) is 0.779. The smallest absolute Gasteiger partial charge is 0.271 e. The van der Waals surface area contributed by atoms with E-state index in [1.807, 2.05) is 0 Å². The van der Waals surface area contributed by atoms with E-state index in [0.29, 0.717) is 17.7 Å². The number of aromatic nitrogens is 2. The number of nitrogens with zero attached hydrogens (tertiary/aromatic N) is 2. The Hall–Kier alpha value is -2.54. The van der Waals surface area contributed by atoms with Crippen LogP contribution in [0.1, 0.15) is 46.8 Å². The summed E-state index contributed by atoms with van der Waals surface area (Å²) < 4.78 is 14.0. The molecule has 0 saturated carbocycles. The Morgan fingerprint density at radius 3 is 2.58 bits per heavy atom. The Morgan fingerprint density at radius 1 is 1.29 bits per heavy atom. The van der Waals surface area contributed by atoms with Gasteiger partial charge in [-0.3, -0.25) is 9.59 Å². The SMILES string of the molecule is CCC(=O)c1ccc(F)c(Nc2nc(Cl)c(CC)nc2C(N)=O)c1. The monoisotopic (exact) mass is 350 g/mol. The Balaban J connectivity index is 2.49. The molecule has 0 fully saturated rings. The molecule has 3 N–H and O–H groups in total. The third-order valence-corrected chi connectivity index (χ3v) is 3.65. The maximum atomic E-state index is 14.0. The van der Waals surface area contributed by atoms with Crippen molar-refractivity contribution in [3.8, 4) is 0 Å².